The number of aliphatic hydroxyl groups is 2. The molecule has 3 saturated heterocycles. The Kier molecular flexibility index (Phi) is 13.5. The molecule has 0 spiro atoms. The van der Waals surface area contributed by atoms with E-state index < -0.39 is 50.1 Å². The lowest BCUT2D eigenvalue weighted by Crippen LogP contribution is -2.51. The highest BCUT2D eigenvalue weighted by Crippen LogP contribution is 2.47. The largest absolute Gasteiger partial charge is 0.405 e. The fourth-order valence-electron chi connectivity index (χ4n) is 6.58. The minimum absolute atomic E-state index is 0.222. The first-order chi connectivity index (χ1) is 22.7. The van der Waals surface area contributed by atoms with Crippen LogP contribution in [0.25, 0.3) is 0 Å². The highest BCUT2D eigenvalue weighted by molar-refractivity contribution is 7.50. The first-order valence-electron chi connectivity index (χ1n) is 17.0. The number of aromatic amines is 1. The van der Waals surface area contributed by atoms with Crippen molar-refractivity contribution in [2.24, 2.45) is 4.99 Å². The van der Waals surface area contributed by atoms with E-state index >= 15 is 0 Å². The second-order valence-corrected chi connectivity index (χ2v) is 14.5. The highest BCUT2D eigenvalue weighted by Gasteiger charge is 2.45. The minimum atomic E-state index is -4.11. The van der Waals surface area contributed by atoms with Gasteiger partial charge in [0.1, 0.15) is 18.3 Å². The Hall–Kier alpha value is -2.14. The molecule has 266 valence electrons. The Morgan fingerprint density at radius 1 is 0.936 bits per heavy atom. The number of hydrogen-bond donors (Lipinski definition) is 5. The molecule has 0 bridgehead atoms. The summed E-state index contributed by atoms with van der Waals surface area (Å²) in [6.07, 6.45) is 9.20. The summed E-state index contributed by atoms with van der Waals surface area (Å²) in [4.78, 5) is 42.5. The van der Waals surface area contributed by atoms with Crippen LogP contribution in [-0.2, 0) is 23.3 Å². The molecule has 5 aliphatic rings. The van der Waals surface area contributed by atoms with Crippen LogP contribution >= 0.6 is 7.75 Å². The fourth-order valence-corrected chi connectivity index (χ4v) is 7.75. The zero-order chi connectivity index (χ0) is 33.2. The molecule has 1 unspecified atom stereocenters. The van der Waals surface area contributed by atoms with E-state index in [1.165, 1.54) is 74.8 Å². The van der Waals surface area contributed by atoms with Crippen molar-refractivity contribution in [3.05, 3.63) is 33.1 Å². The summed E-state index contributed by atoms with van der Waals surface area (Å²) in [5.41, 5.74) is -1.44. The summed E-state index contributed by atoms with van der Waals surface area (Å²) in [5, 5.41) is 24.0. The molecule has 0 amide bonds. The van der Waals surface area contributed by atoms with Crippen molar-refractivity contribution < 1.29 is 38.4 Å². The molecule has 5 N–H and O–H groups in total. The van der Waals surface area contributed by atoms with Crippen LogP contribution < -0.4 is 16.6 Å². The van der Waals surface area contributed by atoms with Crippen LogP contribution in [-0.4, -0.2) is 130 Å². The second-order valence-electron chi connectivity index (χ2n) is 12.7. The number of nitrogens with one attached hydrogen (secondary N) is 2. The Morgan fingerprint density at radius 3 is 2.19 bits per heavy atom. The van der Waals surface area contributed by atoms with Crippen LogP contribution in [0.4, 0.5) is 0 Å². The molecule has 5 atom stereocenters. The van der Waals surface area contributed by atoms with E-state index in [1.807, 2.05) is 4.98 Å². The lowest BCUT2D eigenvalue weighted by Gasteiger charge is -2.34. The van der Waals surface area contributed by atoms with Gasteiger partial charge in [-0.05, 0) is 25.7 Å². The molecule has 3 aliphatic heterocycles. The Balaban J connectivity index is 0.000000189. The van der Waals surface area contributed by atoms with Crippen LogP contribution in [0.1, 0.15) is 70.4 Å². The number of aliphatic imine (C=N–C) groups is 1. The van der Waals surface area contributed by atoms with Gasteiger partial charge in [0.2, 0.25) is 0 Å². The number of guanidine groups is 1. The topological polar surface area (TPSA) is 200 Å². The van der Waals surface area contributed by atoms with E-state index in [1.54, 1.807) is 0 Å². The maximum Gasteiger partial charge on any atom is 0.405 e. The highest BCUT2D eigenvalue weighted by atomic mass is 31.2. The van der Waals surface area contributed by atoms with Crippen molar-refractivity contribution in [1.29, 1.82) is 0 Å². The smallest absolute Gasteiger partial charge is 0.387 e. The van der Waals surface area contributed by atoms with Gasteiger partial charge in [0.25, 0.3) is 5.56 Å². The Morgan fingerprint density at radius 2 is 1.55 bits per heavy atom. The number of H-pyrrole nitrogens is 1. The van der Waals surface area contributed by atoms with E-state index in [-0.39, 0.29) is 13.1 Å². The molecule has 17 heteroatoms. The molecule has 1 aromatic rings. The monoisotopic (exact) mass is 689 g/mol. The van der Waals surface area contributed by atoms with E-state index in [0.717, 1.165) is 43.1 Å². The Bertz CT molecular complexity index is 1300. The molecule has 47 heavy (non-hydrogen) atoms. The molecular formula is C30H51N6O10P. The molecule has 16 nitrogen and oxygen atoms in total. The normalized spacial score (nSPS) is 29.9. The summed E-state index contributed by atoms with van der Waals surface area (Å²) in [6.45, 7) is 4.24. The number of hydrogen-bond acceptors (Lipinski definition) is 10. The SMILES string of the molecule is C1CCC(N=C(NC2CCCCC2)N2CCOCC2)CC1.O=c1cc[15n]([C@@H]2O[C@H](COP(=O)(O)N3CCOCC3)[C@@H](O)[C@H]2O)[13c](=O)[15nH]1. The molecular weight excluding hydrogens is 638 g/mol. The predicted octanol–water partition coefficient (Wildman–Crippen LogP) is 0.535. The number of morpholine rings is 2. The van der Waals surface area contributed by atoms with Gasteiger partial charge in [-0.3, -0.25) is 18.9 Å². The molecule has 2 aliphatic carbocycles. The van der Waals surface area contributed by atoms with Crippen molar-refractivity contribution >= 4 is 13.7 Å². The zero-order valence-corrected chi connectivity index (χ0v) is 27.9. The third-order valence-electron chi connectivity index (χ3n) is 9.34. The van der Waals surface area contributed by atoms with Crippen molar-refractivity contribution in [3.63, 3.8) is 0 Å². The average Bonchev–Trinajstić information content (AvgIpc) is 3.38. The first kappa shape index (κ1) is 36.1. The molecule has 5 fully saturated rings. The van der Waals surface area contributed by atoms with Gasteiger partial charge in [-0.2, -0.15) is 0 Å². The van der Waals surface area contributed by atoms with Gasteiger partial charge in [-0.25, -0.2) is 19.0 Å². The number of ether oxygens (including phenoxy) is 3. The summed E-state index contributed by atoms with van der Waals surface area (Å²) in [5.74, 6) is 1.18. The van der Waals surface area contributed by atoms with Crippen molar-refractivity contribution in [1.82, 2.24) is 24.4 Å². The third-order valence-corrected chi connectivity index (χ3v) is 10.9. The number of nitrogens with zero attached hydrogens (tertiary/aromatic N) is 4. The second kappa shape index (κ2) is 17.5. The molecule has 1 aromatic heterocycles. The molecule has 4 heterocycles. The van der Waals surface area contributed by atoms with Gasteiger partial charge in [0.05, 0.1) is 39.1 Å². The predicted molar refractivity (Wildman–Crippen MR) is 172 cm³/mol. The average molecular weight is 690 g/mol. The van der Waals surface area contributed by atoms with E-state index in [4.69, 9.17) is 23.7 Å². The molecule has 2 saturated carbocycles. The maximum absolute atomic E-state index is 12.3. The summed E-state index contributed by atoms with van der Waals surface area (Å²) in [6, 6.07) is 2.25. The lowest BCUT2D eigenvalue weighted by atomic mass is 9.95. The zero-order valence-electron chi connectivity index (χ0n) is 27.0. The molecule has 6 rings (SSSR count). The molecule has 0 radical (unpaired) electrons. The van der Waals surface area contributed by atoms with Crippen LogP contribution in [0.2, 0.25) is 0 Å². The summed E-state index contributed by atoms with van der Waals surface area (Å²) < 4.78 is 35.5. The van der Waals surface area contributed by atoms with Gasteiger partial charge < -0.3 is 39.5 Å². The van der Waals surface area contributed by atoms with E-state index in [9.17, 15) is 29.3 Å². The summed E-state index contributed by atoms with van der Waals surface area (Å²) in [7, 11) is -4.11. The van der Waals surface area contributed by atoms with Crippen molar-refractivity contribution in [2.45, 2.75) is 101 Å². The van der Waals surface area contributed by atoms with Gasteiger partial charge in [-0.15, -0.1) is 0 Å². The maximum atomic E-state index is 12.3. The van der Waals surface area contributed by atoms with Crippen LogP contribution in [0.5, 0.6) is 0 Å². The number of rotatable bonds is 7. The summed E-state index contributed by atoms with van der Waals surface area (Å²) >= 11 is 0. The van der Waals surface area contributed by atoms with Gasteiger partial charge in [0.15, 0.2) is 12.2 Å². The van der Waals surface area contributed by atoms with Gasteiger partial charge in [0, 0.05) is 44.5 Å². The first-order valence-corrected chi connectivity index (χ1v) is 18.5. The number of aliphatic hydroxyl groups excluding tert-OH is 2. The van der Waals surface area contributed by atoms with Crippen LogP contribution in [0.3, 0.4) is 0 Å². The van der Waals surface area contributed by atoms with Crippen LogP contribution in [0.15, 0.2) is 26.8 Å². The van der Waals surface area contributed by atoms with Crippen molar-refractivity contribution in [2.75, 3.05) is 59.2 Å². The Labute approximate surface area is 274 Å². The third kappa shape index (κ3) is 10.2. The number of aromatic nitrogens is 2. The lowest BCUT2D eigenvalue weighted by molar-refractivity contribution is -0.0545. The molecule has 0 aromatic carbocycles. The fraction of sp³-hybridized carbons (Fsp3) is 0.833. The van der Waals surface area contributed by atoms with Gasteiger partial charge >= 0.3 is 13.4 Å². The van der Waals surface area contributed by atoms with Crippen molar-refractivity contribution in [3.8, 4) is 0 Å². The van der Waals surface area contributed by atoms with E-state index in [2.05, 4.69) is 10.2 Å². The van der Waals surface area contributed by atoms with Gasteiger partial charge in [-0.1, -0.05) is 38.5 Å². The standard InChI is InChI=1S/C17H31N3O.C13H20N3O9P/c1-3-7-15(8-4-1)18-17(20-11-13-21-14-12-20)19-16-9-5-2-6-10-16;17-9-1-2-16(13(20)14-9)12-11(19)10(18)8(25-12)7-24-26(21,22)15-3-5-23-6-4-15/h15-16H,1-14H2,(H,18,19);1-2,8,10-12,18-19H,3-7H2,(H,21,22)(H,14,17,20)/t;8-,10-,11-,12-/m.1/s1/i;13+1,14+1,16+1. The minimum Gasteiger partial charge on any atom is -0.387 e. The van der Waals surface area contributed by atoms with Crippen LogP contribution in [0, 0.1) is 0 Å². The van der Waals surface area contributed by atoms with E-state index in [0.29, 0.717) is 25.3 Å². The quantitative estimate of drug-likeness (QED) is 0.151.